The third kappa shape index (κ3) is 9.01. The van der Waals surface area contributed by atoms with E-state index in [9.17, 15) is 16.4 Å². The molecule has 4 saturated heterocycles. The average Bonchev–Trinajstić information content (AvgIpc) is 1.54. The first kappa shape index (κ1) is 45.4. The Morgan fingerprint density at radius 1 is 0.223 bits per heavy atom. The van der Waals surface area contributed by atoms with Crippen LogP contribution >= 0.6 is 0 Å². The zero-order chi connectivity index (χ0) is 72.4. The first-order valence-electron chi connectivity index (χ1n) is 38.8. The average molecular weight is 1610 g/mol. The summed E-state index contributed by atoms with van der Waals surface area (Å²) >= 11 is -3.45. The Labute approximate surface area is 584 Å². The minimum atomic E-state index is -2.67. The van der Waals surface area contributed by atoms with Gasteiger partial charge in [0.1, 0.15) is 0 Å². The molecule has 19 rings (SSSR count). The van der Waals surface area contributed by atoms with Gasteiger partial charge in [-0.2, -0.15) is 0 Å². The Hall–Kier alpha value is -8.96. The van der Waals surface area contributed by atoms with Crippen molar-refractivity contribution < 1.29 is 51.7 Å². The molecule has 8 bridgehead atoms. The Kier molecular flexibility index (Phi) is 10.8. The molecule has 9 aromatic rings. The van der Waals surface area contributed by atoms with Crippen LogP contribution in [0.15, 0.2) is 194 Å². The summed E-state index contributed by atoms with van der Waals surface area (Å²) in [7, 11) is 0. The fraction of sp³-hybridized carbons (Fsp3) is 0.256. The molecule has 0 aliphatic carbocycles. The van der Waals surface area contributed by atoms with Crippen LogP contribution < -0.4 is 68.6 Å². The summed E-state index contributed by atoms with van der Waals surface area (Å²) in [5.74, 6) is 0. The summed E-state index contributed by atoms with van der Waals surface area (Å²) in [6, 6.07) is 65.8. The van der Waals surface area contributed by atoms with Crippen LogP contribution in [0.2, 0.25) is 0 Å². The van der Waals surface area contributed by atoms with Gasteiger partial charge in [-0.3, -0.25) is 0 Å². The van der Waals surface area contributed by atoms with Gasteiger partial charge in [-0.15, -0.1) is 0 Å². The molecule has 16 heteroatoms. The minimum absolute atomic E-state index is 0.497. The van der Waals surface area contributed by atoms with E-state index >= 15 is 0 Å². The molecule has 0 amide bonds. The third-order valence-electron chi connectivity index (χ3n) is 20.0. The van der Waals surface area contributed by atoms with Gasteiger partial charge in [0.15, 0.2) is 0 Å². The van der Waals surface area contributed by atoms with Crippen LogP contribution in [0.25, 0.3) is 0 Å². The van der Waals surface area contributed by atoms with Crippen LogP contribution in [0.1, 0.15) is 67.8 Å². The first-order valence-corrected chi connectivity index (χ1v) is 37.4. The van der Waals surface area contributed by atoms with Gasteiger partial charge in [0, 0.05) is 0 Å². The molecule has 0 aromatic heterocycles. The molecule has 14 nitrogen and oxygen atoms in total. The van der Waals surface area contributed by atoms with E-state index < -0.39 is 63.2 Å². The second-order valence-electron chi connectivity index (χ2n) is 25.6. The molecule has 0 radical (unpaired) electrons. The Balaban J connectivity index is 0.879. The van der Waals surface area contributed by atoms with Gasteiger partial charge in [-0.1, -0.05) is 0 Å². The predicted octanol–water partition coefficient (Wildman–Crippen LogP) is 15.9. The number of rotatable bonds is 6. The molecule has 10 heterocycles. The van der Waals surface area contributed by atoms with Crippen molar-refractivity contribution in [3.8, 4) is 0 Å². The molecular weight excluding hydrogens is 1520 g/mol. The zero-order valence-corrected chi connectivity index (χ0v) is 56.2. The van der Waals surface area contributed by atoms with Crippen LogP contribution in [0.5, 0.6) is 0 Å². The maximum absolute atomic E-state index is 9.41. The Bertz CT molecular complexity index is 4610. The monoisotopic (exact) mass is 1610 g/mol. The Morgan fingerprint density at radius 3 is 0.628 bits per heavy atom. The van der Waals surface area contributed by atoms with E-state index in [2.05, 4.69) is 146 Å². The number of para-hydroxylation sites is 8. The van der Waals surface area contributed by atoms with Crippen molar-refractivity contribution >= 4 is 142 Å². The number of benzene rings is 9. The SMILES string of the molecule is [2H]C([2H])([2H])N1[C]2=[Pt]=[C]3N(c4cc(N5CCCC5)cc(c4)N(c4ccc(N5c6cc(N7CCCC7)cc(c6)N6[C](=[Pt]=[C]7N(c8cc(N9CCCC9)cc5c8)c5ccccc5N7C([2H])([2H])[2H])N(C([2H])([2H])[2H])c5ccccc56)cc4)c4cc(N5CCCC5)cc(c4)N2c2ccccc21)c1ccccc1N3C([2H])([2H])[2H]. The van der Waals surface area contributed by atoms with Crippen molar-refractivity contribution in [2.45, 2.75) is 51.4 Å². The van der Waals surface area contributed by atoms with Gasteiger partial charge in [-0.25, -0.2) is 0 Å². The second-order valence-corrected chi connectivity index (χ2v) is 30.8. The number of hydrogen-bond acceptors (Lipinski definition) is 14. The number of nitrogens with zero attached hydrogens (tertiary/aromatic N) is 14. The molecule has 10 aliphatic rings. The van der Waals surface area contributed by atoms with Crippen LogP contribution in [-0.2, 0) is 35.3 Å². The summed E-state index contributed by atoms with van der Waals surface area (Å²) in [5, 5.41) is 0. The van der Waals surface area contributed by atoms with Crippen molar-refractivity contribution in [1.82, 2.24) is 0 Å². The number of fused-ring (bicyclic) bond motifs is 24. The Morgan fingerprint density at radius 2 is 0.415 bits per heavy atom. The van der Waals surface area contributed by atoms with Crippen LogP contribution in [0, 0.1) is 0 Å². The van der Waals surface area contributed by atoms with Crippen molar-refractivity contribution in [3.63, 3.8) is 0 Å². The topological polar surface area (TPSA) is 45.4 Å². The van der Waals surface area contributed by atoms with Gasteiger partial charge >= 0.3 is 588 Å². The van der Waals surface area contributed by atoms with E-state index in [-0.39, 0.29) is 0 Å². The van der Waals surface area contributed by atoms with Gasteiger partial charge in [0.05, 0.1) is 0 Å². The van der Waals surface area contributed by atoms with E-state index in [0.29, 0.717) is 62.1 Å². The third-order valence-corrected chi connectivity index (χ3v) is 26.1. The molecule has 0 saturated carbocycles. The summed E-state index contributed by atoms with van der Waals surface area (Å²) in [6.45, 7) is -4.08. The van der Waals surface area contributed by atoms with Crippen molar-refractivity contribution in [1.29, 1.82) is 0 Å². The van der Waals surface area contributed by atoms with E-state index in [0.717, 1.165) is 183 Å². The standard InChI is InChI=1S/C78H76N14.2Pt/c1-79-53-87(75-25-9-5-21-71(75)79)63-41-59(83-33-13-14-34-83)45-67(49-63)91(68-46-60(84-35-15-16-36-84)42-64(50-68)88-54-80(2)72-22-6-10-26-76(72)88)57-29-31-58(32-30-57)92(69-47-61(85-37-17-18-38-85)43-65(51-69)89-55-81(3)73-23-7-11-27-77(73)89)70-48-62(86-39-19-20-40-86)44-66(52-70)90-56-82(4)74-24-8-12-28-78(74)90;;/h5-12,21-32,41-52H,13-20,33-40H2,1-4H3;;/i1D3,2D3,3D3,4D3;;. The molecule has 94 heavy (non-hydrogen) atoms. The van der Waals surface area contributed by atoms with E-state index in [1.807, 2.05) is 97.1 Å². The fourth-order valence-corrected chi connectivity index (χ4v) is 21.8. The van der Waals surface area contributed by atoms with Crippen LogP contribution in [-0.4, -0.2) is 96.8 Å². The van der Waals surface area contributed by atoms with Crippen molar-refractivity contribution in [2.24, 2.45) is 0 Å². The summed E-state index contributed by atoms with van der Waals surface area (Å²) in [4.78, 5) is 28.6. The first-order chi connectivity index (χ1) is 51.1. The number of anilines is 22. The molecule has 10 aliphatic heterocycles. The summed E-state index contributed by atoms with van der Waals surface area (Å²) in [5.41, 5.74) is 16.6. The molecule has 9 aromatic carbocycles. The molecule has 0 N–H and O–H groups in total. The van der Waals surface area contributed by atoms with Gasteiger partial charge in [0.25, 0.3) is 0 Å². The van der Waals surface area contributed by atoms with Crippen LogP contribution in [0.3, 0.4) is 0 Å². The zero-order valence-electron chi connectivity index (χ0n) is 63.7. The molecule has 478 valence electrons. The summed E-state index contributed by atoms with van der Waals surface area (Å²) < 4.78 is 115. The van der Waals surface area contributed by atoms with Gasteiger partial charge in [-0.05, 0) is 0 Å². The quantitative estimate of drug-likeness (QED) is 0.159. The molecule has 0 atom stereocenters. The summed E-state index contributed by atoms with van der Waals surface area (Å²) in [6.07, 6.45) is 8.06. The van der Waals surface area contributed by atoms with Crippen LogP contribution in [0.4, 0.5) is 125 Å². The van der Waals surface area contributed by atoms with Gasteiger partial charge < -0.3 is 0 Å². The van der Waals surface area contributed by atoms with Crippen molar-refractivity contribution in [2.75, 3.05) is 149 Å². The normalized spacial score (nSPS) is 21.1. The van der Waals surface area contributed by atoms with E-state index in [4.69, 9.17) is 0 Å². The number of hydrogen-bond donors (Lipinski definition) is 0. The van der Waals surface area contributed by atoms with Crippen molar-refractivity contribution in [3.05, 3.63) is 194 Å². The molecule has 4 fully saturated rings. The maximum atomic E-state index is 9.41. The van der Waals surface area contributed by atoms with E-state index in [1.54, 1.807) is 0 Å². The fourth-order valence-electron chi connectivity index (χ4n) is 15.5. The predicted molar refractivity (Wildman–Crippen MR) is 390 cm³/mol. The molecule has 0 spiro atoms. The second kappa shape index (κ2) is 22.3. The molecule has 0 unspecified atom stereocenters. The molecular formula is C78H76N14Pt2. The van der Waals surface area contributed by atoms with E-state index in [1.165, 1.54) is 19.6 Å². The van der Waals surface area contributed by atoms with Gasteiger partial charge in [0.2, 0.25) is 0 Å².